The Bertz CT molecular complexity index is 947. The molecule has 0 bridgehead atoms. The number of anilines is 1. The van der Waals surface area contributed by atoms with E-state index in [1.54, 1.807) is 18.5 Å². The molecule has 0 spiro atoms. The molecular formula is C18H13FN2O. The molecule has 4 aromatic rings. The molecule has 0 aliphatic rings. The Hall–Kier alpha value is -2.88. The Kier molecular flexibility index (Phi) is 3.00. The molecule has 108 valence electrons. The standard InChI is InChI=1S/C18H13FN2O/c19-13-1-3-17-15(9-13)16-10-14(2-4-18(16)22-17)21-11-12-5-7-20-8-6-12/h1-10,21H,11H2. The quantitative estimate of drug-likeness (QED) is 0.593. The molecule has 4 heteroatoms. The van der Waals surface area contributed by atoms with Crippen LogP contribution in [0.3, 0.4) is 0 Å². The third-order valence-electron chi connectivity index (χ3n) is 3.68. The fraction of sp³-hybridized carbons (Fsp3) is 0.0556. The van der Waals surface area contributed by atoms with Gasteiger partial charge < -0.3 is 9.73 Å². The second-order valence-corrected chi connectivity index (χ2v) is 5.16. The highest BCUT2D eigenvalue weighted by molar-refractivity contribution is 6.05. The number of halogens is 1. The van der Waals surface area contributed by atoms with Crippen LogP contribution in [0, 0.1) is 5.82 Å². The Balaban J connectivity index is 1.70. The molecule has 0 aliphatic heterocycles. The van der Waals surface area contributed by atoms with Crippen molar-refractivity contribution in [1.29, 1.82) is 0 Å². The molecule has 0 atom stereocenters. The molecule has 0 aliphatic carbocycles. The Morgan fingerprint density at radius 1 is 0.909 bits per heavy atom. The number of hydrogen-bond donors (Lipinski definition) is 1. The Morgan fingerprint density at radius 2 is 1.64 bits per heavy atom. The lowest BCUT2D eigenvalue weighted by atomic mass is 10.1. The van der Waals surface area contributed by atoms with Crippen LogP contribution in [0.2, 0.25) is 0 Å². The van der Waals surface area contributed by atoms with E-state index in [0.29, 0.717) is 12.1 Å². The average Bonchev–Trinajstić information content (AvgIpc) is 2.91. The van der Waals surface area contributed by atoms with Gasteiger partial charge in [-0.2, -0.15) is 0 Å². The molecule has 4 rings (SSSR count). The van der Waals surface area contributed by atoms with Crippen molar-refractivity contribution in [3.8, 4) is 0 Å². The summed E-state index contributed by atoms with van der Waals surface area (Å²) in [4.78, 5) is 4.00. The summed E-state index contributed by atoms with van der Waals surface area (Å²) in [6, 6.07) is 14.4. The van der Waals surface area contributed by atoms with E-state index in [1.165, 1.54) is 12.1 Å². The van der Waals surface area contributed by atoms with Crippen molar-refractivity contribution in [2.24, 2.45) is 0 Å². The van der Waals surface area contributed by atoms with Gasteiger partial charge in [0.25, 0.3) is 0 Å². The normalized spacial score (nSPS) is 11.1. The fourth-order valence-corrected chi connectivity index (χ4v) is 2.56. The third-order valence-corrected chi connectivity index (χ3v) is 3.68. The van der Waals surface area contributed by atoms with Gasteiger partial charge in [0, 0.05) is 35.4 Å². The predicted molar refractivity (Wildman–Crippen MR) is 85.2 cm³/mol. The minimum Gasteiger partial charge on any atom is -0.456 e. The summed E-state index contributed by atoms with van der Waals surface area (Å²) < 4.78 is 19.2. The van der Waals surface area contributed by atoms with Crippen molar-refractivity contribution in [3.63, 3.8) is 0 Å². The van der Waals surface area contributed by atoms with Crippen molar-refractivity contribution in [2.75, 3.05) is 5.32 Å². The van der Waals surface area contributed by atoms with E-state index < -0.39 is 0 Å². The Labute approximate surface area is 126 Å². The average molecular weight is 292 g/mol. The summed E-state index contributed by atoms with van der Waals surface area (Å²) in [5.41, 5.74) is 3.58. The maximum Gasteiger partial charge on any atom is 0.135 e. The van der Waals surface area contributed by atoms with Gasteiger partial charge in [0.2, 0.25) is 0 Å². The molecule has 0 unspecified atom stereocenters. The molecule has 0 amide bonds. The van der Waals surface area contributed by atoms with Gasteiger partial charge in [-0.1, -0.05) is 0 Å². The van der Waals surface area contributed by atoms with Crippen LogP contribution in [0.15, 0.2) is 65.3 Å². The fourth-order valence-electron chi connectivity index (χ4n) is 2.56. The van der Waals surface area contributed by atoms with Crippen LogP contribution < -0.4 is 5.32 Å². The van der Waals surface area contributed by atoms with Crippen LogP contribution in [-0.2, 0) is 6.54 Å². The van der Waals surface area contributed by atoms with E-state index in [0.717, 1.165) is 27.6 Å². The topological polar surface area (TPSA) is 38.1 Å². The van der Waals surface area contributed by atoms with Crippen molar-refractivity contribution in [3.05, 3.63) is 72.3 Å². The van der Waals surface area contributed by atoms with Gasteiger partial charge in [-0.15, -0.1) is 0 Å². The number of nitrogens with zero attached hydrogens (tertiary/aromatic N) is 1. The lowest BCUT2D eigenvalue weighted by molar-refractivity contribution is 0.626. The Morgan fingerprint density at radius 3 is 2.45 bits per heavy atom. The summed E-state index contributed by atoms with van der Waals surface area (Å²) in [7, 11) is 0. The summed E-state index contributed by atoms with van der Waals surface area (Å²) in [5.74, 6) is -0.259. The maximum absolute atomic E-state index is 13.4. The summed E-state index contributed by atoms with van der Waals surface area (Å²) in [6.07, 6.45) is 3.54. The first-order valence-electron chi connectivity index (χ1n) is 7.04. The highest BCUT2D eigenvalue weighted by atomic mass is 19.1. The van der Waals surface area contributed by atoms with Crippen LogP contribution in [0.1, 0.15) is 5.56 Å². The number of benzene rings is 2. The number of fused-ring (bicyclic) bond motifs is 3. The molecule has 2 aromatic heterocycles. The number of aromatic nitrogens is 1. The minimum atomic E-state index is -0.259. The molecule has 2 aromatic carbocycles. The highest BCUT2D eigenvalue weighted by Crippen LogP contribution is 2.31. The van der Waals surface area contributed by atoms with Gasteiger partial charge in [0.15, 0.2) is 0 Å². The number of hydrogen-bond acceptors (Lipinski definition) is 3. The van der Waals surface area contributed by atoms with Gasteiger partial charge in [0.05, 0.1) is 0 Å². The van der Waals surface area contributed by atoms with Gasteiger partial charge >= 0.3 is 0 Å². The smallest absolute Gasteiger partial charge is 0.135 e. The minimum absolute atomic E-state index is 0.259. The lowest BCUT2D eigenvalue weighted by Gasteiger charge is -2.06. The molecule has 2 heterocycles. The zero-order chi connectivity index (χ0) is 14.9. The largest absolute Gasteiger partial charge is 0.456 e. The SMILES string of the molecule is Fc1ccc2oc3ccc(NCc4ccncc4)cc3c2c1. The van der Waals surface area contributed by atoms with Crippen molar-refractivity contribution >= 4 is 27.6 Å². The van der Waals surface area contributed by atoms with Gasteiger partial charge in [-0.05, 0) is 54.1 Å². The number of pyridine rings is 1. The van der Waals surface area contributed by atoms with E-state index in [9.17, 15) is 4.39 Å². The predicted octanol–water partition coefficient (Wildman–Crippen LogP) is 4.73. The molecular weight excluding hydrogens is 279 g/mol. The monoisotopic (exact) mass is 292 g/mol. The molecule has 22 heavy (non-hydrogen) atoms. The van der Waals surface area contributed by atoms with E-state index in [4.69, 9.17) is 4.42 Å². The second kappa shape index (κ2) is 5.15. The van der Waals surface area contributed by atoms with E-state index >= 15 is 0 Å². The molecule has 0 saturated carbocycles. The molecule has 0 saturated heterocycles. The zero-order valence-corrected chi connectivity index (χ0v) is 11.7. The van der Waals surface area contributed by atoms with Gasteiger partial charge in [-0.25, -0.2) is 4.39 Å². The van der Waals surface area contributed by atoms with Crippen LogP contribution in [0.25, 0.3) is 21.9 Å². The first kappa shape index (κ1) is 12.8. The number of rotatable bonds is 3. The van der Waals surface area contributed by atoms with E-state index in [-0.39, 0.29) is 5.82 Å². The molecule has 0 fully saturated rings. The van der Waals surface area contributed by atoms with E-state index in [2.05, 4.69) is 10.3 Å². The first-order valence-corrected chi connectivity index (χ1v) is 7.04. The molecule has 0 radical (unpaired) electrons. The zero-order valence-electron chi connectivity index (χ0n) is 11.7. The maximum atomic E-state index is 13.4. The third kappa shape index (κ3) is 2.29. The summed E-state index contributed by atoms with van der Waals surface area (Å²) >= 11 is 0. The van der Waals surface area contributed by atoms with Crippen LogP contribution in [-0.4, -0.2) is 4.98 Å². The second-order valence-electron chi connectivity index (χ2n) is 5.16. The summed E-state index contributed by atoms with van der Waals surface area (Å²) in [6.45, 7) is 0.707. The van der Waals surface area contributed by atoms with Crippen molar-refractivity contribution in [2.45, 2.75) is 6.54 Å². The van der Waals surface area contributed by atoms with Gasteiger partial charge in [0.1, 0.15) is 17.0 Å². The van der Waals surface area contributed by atoms with Crippen LogP contribution in [0.5, 0.6) is 0 Å². The van der Waals surface area contributed by atoms with E-state index in [1.807, 2.05) is 30.3 Å². The van der Waals surface area contributed by atoms with Crippen LogP contribution in [0.4, 0.5) is 10.1 Å². The number of furan rings is 1. The van der Waals surface area contributed by atoms with Crippen molar-refractivity contribution < 1.29 is 8.81 Å². The van der Waals surface area contributed by atoms with Gasteiger partial charge in [-0.3, -0.25) is 4.98 Å². The first-order chi connectivity index (χ1) is 10.8. The van der Waals surface area contributed by atoms with Crippen molar-refractivity contribution in [1.82, 2.24) is 4.98 Å². The summed E-state index contributed by atoms with van der Waals surface area (Å²) in [5, 5.41) is 5.06. The number of nitrogens with one attached hydrogen (secondary N) is 1. The highest BCUT2D eigenvalue weighted by Gasteiger charge is 2.08. The molecule has 3 nitrogen and oxygen atoms in total. The van der Waals surface area contributed by atoms with Crippen LogP contribution >= 0.6 is 0 Å². The lowest BCUT2D eigenvalue weighted by Crippen LogP contribution is -1.98. The molecule has 1 N–H and O–H groups in total.